The van der Waals surface area contributed by atoms with Crippen molar-refractivity contribution in [1.82, 2.24) is 0 Å². The molecule has 4 aromatic carbocycles. The van der Waals surface area contributed by atoms with Crippen molar-refractivity contribution >= 4 is 23.9 Å². The molecule has 0 saturated carbocycles. The van der Waals surface area contributed by atoms with Crippen LogP contribution in [0.5, 0.6) is 0 Å². The second kappa shape index (κ2) is 14.8. The Bertz CT molecular complexity index is 1420. The van der Waals surface area contributed by atoms with Crippen molar-refractivity contribution in [2.75, 3.05) is 13.2 Å². The smallest absolute Gasteiger partial charge is 0.338 e. The summed E-state index contributed by atoms with van der Waals surface area (Å²) in [5.74, 6) is -2.59. The first-order chi connectivity index (χ1) is 20.0. The third-order valence-electron chi connectivity index (χ3n) is 5.98. The number of carbonyl (C=O) groups excluding carboxylic acids is 4. The summed E-state index contributed by atoms with van der Waals surface area (Å²) in [6, 6.07) is 33.3. The van der Waals surface area contributed by atoms with Gasteiger partial charge in [-0.1, -0.05) is 72.8 Å². The lowest BCUT2D eigenvalue weighted by atomic mass is 10.1. The van der Waals surface area contributed by atoms with Crippen LogP contribution in [0.1, 0.15) is 47.9 Å². The zero-order valence-corrected chi connectivity index (χ0v) is 22.1. The van der Waals surface area contributed by atoms with Gasteiger partial charge in [0.05, 0.1) is 28.9 Å². The van der Waals surface area contributed by atoms with Crippen LogP contribution in [0, 0.1) is 0 Å². The Labute approximate surface area is 237 Å². The topological polar surface area (TPSA) is 105 Å². The molecule has 0 radical (unpaired) electrons. The van der Waals surface area contributed by atoms with Gasteiger partial charge in [-0.3, -0.25) is 0 Å². The van der Waals surface area contributed by atoms with E-state index in [1.165, 1.54) is 0 Å². The van der Waals surface area contributed by atoms with Crippen molar-refractivity contribution in [3.8, 4) is 0 Å². The molecule has 8 nitrogen and oxygen atoms in total. The molecule has 0 aromatic heterocycles. The van der Waals surface area contributed by atoms with Crippen LogP contribution in [0.15, 0.2) is 121 Å². The molecule has 8 heteroatoms. The van der Waals surface area contributed by atoms with Crippen molar-refractivity contribution in [2.24, 2.45) is 0 Å². The first-order valence-electron chi connectivity index (χ1n) is 13.0. The van der Waals surface area contributed by atoms with Crippen LogP contribution in [0.25, 0.3) is 0 Å². The van der Waals surface area contributed by atoms with Crippen LogP contribution in [0.3, 0.4) is 0 Å². The van der Waals surface area contributed by atoms with E-state index in [9.17, 15) is 19.2 Å². The van der Waals surface area contributed by atoms with Crippen LogP contribution >= 0.6 is 0 Å². The third-order valence-corrected chi connectivity index (χ3v) is 5.98. The van der Waals surface area contributed by atoms with Gasteiger partial charge in [0.2, 0.25) is 0 Å². The second-order valence-electron chi connectivity index (χ2n) is 8.87. The second-order valence-corrected chi connectivity index (χ2v) is 8.87. The standard InChI is InChI=1S/C33H28O8/c34-30(24-13-5-1-6-14-24)38-22-21-28(40-32(36)26-17-9-3-10-18-26)29(41-33(37)27-19-11-4-12-20-27)23-39-31(35)25-15-7-2-8-16-25/h1-20,28-29H,21-23H2. The highest BCUT2D eigenvalue weighted by Crippen LogP contribution is 2.17. The lowest BCUT2D eigenvalue weighted by Gasteiger charge is -2.27. The molecule has 2 unspecified atom stereocenters. The average molecular weight is 553 g/mol. The molecule has 2 atom stereocenters. The number of esters is 4. The molecule has 208 valence electrons. The number of hydrogen-bond donors (Lipinski definition) is 0. The molecule has 0 saturated heterocycles. The van der Waals surface area contributed by atoms with Crippen molar-refractivity contribution < 1.29 is 38.1 Å². The van der Waals surface area contributed by atoms with E-state index in [-0.39, 0.29) is 24.2 Å². The maximum Gasteiger partial charge on any atom is 0.338 e. The third kappa shape index (κ3) is 8.63. The van der Waals surface area contributed by atoms with Crippen LogP contribution in [0.4, 0.5) is 0 Å². The maximum absolute atomic E-state index is 13.0. The lowest BCUT2D eigenvalue weighted by molar-refractivity contribution is -0.0641. The van der Waals surface area contributed by atoms with Crippen LogP contribution in [0.2, 0.25) is 0 Å². The monoisotopic (exact) mass is 552 g/mol. The summed E-state index contributed by atoms with van der Waals surface area (Å²) in [5.41, 5.74) is 1.19. The van der Waals surface area contributed by atoms with Gasteiger partial charge in [0, 0.05) is 6.42 Å². The zero-order valence-electron chi connectivity index (χ0n) is 22.1. The van der Waals surface area contributed by atoms with Crippen molar-refractivity contribution in [2.45, 2.75) is 18.6 Å². The molecule has 0 spiro atoms. The largest absolute Gasteiger partial charge is 0.462 e. The average Bonchev–Trinajstić information content (AvgIpc) is 3.03. The Morgan fingerprint density at radius 3 is 1.20 bits per heavy atom. The molecule has 0 aliphatic rings. The van der Waals surface area contributed by atoms with Gasteiger partial charge < -0.3 is 18.9 Å². The highest BCUT2D eigenvalue weighted by atomic mass is 16.6. The summed E-state index contributed by atoms with van der Waals surface area (Å²) < 4.78 is 22.4. The maximum atomic E-state index is 13.0. The van der Waals surface area contributed by atoms with Gasteiger partial charge in [-0.2, -0.15) is 0 Å². The van der Waals surface area contributed by atoms with E-state index >= 15 is 0 Å². The minimum atomic E-state index is -1.21. The Morgan fingerprint density at radius 2 is 0.780 bits per heavy atom. The number of ether oxygens (including phenoxy) is 4. The molecule has 0 aliphatic heterocycles. The minimum absolute atomic E-state index is 0.0349. The van der Waals surface area contributed by atoms with E-state index in [2.05, 4.69) is 0 Å². The number of benzene rings is 4. The fourth-order valence-corrected chi connectivity index (χ4v) is 3.84. The van der Waals surface area contributed by atoms with Gasteiger partial charge in [0.25, 0.3) is 0 Å². The van der Waals surface area contributed by atoms with E-state index in [1.807, 2.05) is 0 Å². The predicted molar refractivity (Wildman–Crippen MR) is 149 cm³/mol. The lowest BCUT2D eigenvalue weighted by Crippen LogP contribution is -2.40. The Balaban J connectivity index is 1.54. The quantitative estimate of drug-likeness (QED) is 0.167. The molecule has 4 aromatic rings. The molecular weight excluding hydrogens is 524 g/mol. The Kier molecular flexibility index (Phi) is 10.4. The minimum Gasteiger partial charge on any atom is -0.462 e. The van der Waals surface area contributed by atoms with Gasteiger partial charge in [0.15, 0.2) is 6.10 Å². The van der Waals surface area contributed by atoms with E-state index < -0.39 is 42.7 Å². The summed E-state index contributed by atoms with van der Waals surface area (Å²) >= 11 is 0. The van der Waals surface area contributed by atoms with Crippen LogP contribution < -0.4 is 0 Å². The fourth-order valence-electron chi connectivity index (χ4n) is 3.84. The summed E-state index contributed by atoms with van der Waals surface area (Å²) in [6.45, 7) is -0.571. The molecule has 0 bridgehead atoms. The first-order valence-corrected chi connectivity index (χ1v) is 13.0. The molecular formula is C33H28O8. The van der Waals surface area contributed by atoms with Gasteiger partial charge in [-0.05, 0) is 48.5 Å². The van der Waals surface area contributed by atoms with Crippen LogP contribution in [-0.2, 0) is 18.9 Å². The molecule has 4 rings (SSSR count). The summed E-state index contributed by atoms with van der Waals surface area (Å²) in [4.78, 5) is 51.2. The van der Waals surface area contributed by atoms with E-state index in [0.29, 0.717) is 11.1 Å². The normalized spacial score (nSPS) is 11.9. The van der Waals surface area contributed by atoms with Gasteiger partial charge in [0.1, 0.15) is 12.7 Å². The Morgan fingerprint density at radius 1 is 0.439 bits per heavy atom. The van der Waals surface area contributed by atoms with Crippen molar-refractivity contribution in [3.63, 3.8) is 0 Å². The van der Waals surface area contributed by atoms with E-state index in [4.69, 9.17) is 18.9 Å². The van der Waals surface area contributed by atoms with Gasteiger partial charge in [-0.15, -0.1) is 0 Å². The van der Waals surface area contributed by atoms with Gasteiger partial charge >= 0.3 is 23.9 Å². The molecule has 0 aliphatic carbocycles. The molecule has 0 N–H and O–H groups in total. The van der Waals surface area contributed by atoms with Crippen molar-refractivity contribution in [3.05, 3.63) is 144 Å². The fraction of sp³-hybridized carbons (Fsp3) is 0.152. The Hall–Kier alpha value is -5.24. The van der Waals surface area contributed by atoms with Gasteiger partial charge in [-0.25, -0.2) is 19.2 Å². The first kappa shape index (κ1) is 28.8. The summed E-state index contributed by atoms with van der Waals surface area (Å²) in [6.07, 6.45) is -2.37. The number of rotatable bonds is 12. The van der Waals surface area contributed by atoms with E-state index in [1.54, 1.807) is 121 Å². The SMILES string of the molecule is O=C(OCCC(OC(=O)c1ccccc1)C(COC(=O)c1ccccc1)OC(=O)c1ccccc1)c1ccccc1. The molecule has 0 amide bonds. The number of carbonyl (C=O) groups is 4. The summed E-state index contributed by atoms with van der Waals surface area (Å²) in [5, 5.41) is 0. The highest BCUT2D eigenvalue weighted by molar-refractivity contribution is 5.91. The molecule has 0 fully saturated rings. The van der Waals surface area contributed by atoms with Crippen molar-refractivity contribution in [1.29, 1.82) is 0 Å². The molecule has 0 heterocycles. The van der Waals surface area contributed by atoms with E-state index in [0.717, 1.165) is 0 Å². The predicted octanol–water partition coefficient (Wildman–Crippen LogP) is 5.54. The van der Waals surface area contributed by atoms with Crippen LogP contribution in [-0.4, -0.2) is 49.3 Å². The summed E-state index contributed by atoms with van der Waals surface area (Å²) in [7, 11) is 0. The highest BCUT2D eigenvalue weighted by Gasteiger charge is 2.32. The number of hydrogen-bond acceptors (Lipinski definition) is 8. The molecule has 41 heavy (non-hydrogen) atoms. The zero-order chi connectivity index (χ0) is 28.9.